The fourth-order valence-corrected chi connectivity index (χ4v) is 4.07. The van der Waals surface area contributed by atoms with Gasteiger partial charge in [-0.3, -0.25) is 9.59 Å². The lowest BCUT2D eigenvalue weighted by Gasteiger charge is -2.38. The van der Waals surface area contributed by atoms with Gasteiger partial charge in [0.25, 0.3) is 5.91 Å². The molecule has 7 heteroatoms. The third-order valence-electron chi connectivity index (χ3n) is 5.27. The predicted molar refractivity (Wildman–Crippen MR) is 122 cm³/mol. The molecule has 0 aromatic heterocycles. The van der Waals surface area contributed by atoms with Crippen LogP contribution in [0.2, 0.25) is 0 Å². The minimum absolute atomic E-state index is 0.00647. The molecule has 1 saturated heterocycles. The van der Waals surface area contributed by atoms with Gasteiger partial charge in [-0.05, 0) is 42.7 Å². The van der Waals surface area contributed by atoms with Crippen LogP contribution in [-0.4, -0.2) is 68.1 Å². The van der Waals surface area contributed by atoms with Crippen LogP contribution in [0.15, 0.2) is 54.6 Å². The Morgan fingerprint density at radius 2 is 1.70 bits per heavy atom. The third-order valence-corrected chi connectivity index (χ3v) is 5.91. The van der Waals surface area contributed by atoms with Crippen molar-refractivity contribution in [2.75, 3.05) is 50.2 Å². The Kier molecular flexibility index (Phi) is 8.02. The largest absolute Gasteiger partial charge is 0.495 e. The second-order valence-corrected chi connectivity index (χ2v) is 8.14. The quantitative estimate of drug-likeness (QED) is 0.702. The van der Waals surface area contributed by atoms with Gasteiger partial charge in [0.1, 0.15) is 11.8 Å². The summed E-state index contributed by atoms with van der Waals surface area (Å²) in [7, 11) is 1.67. The molecule has 1 aliphatic rings. The Morgan fingerprint density at radius 1 is 1.03 bits per heavy atom. The van der Waals surface area contributed by atoms with Crippen LogP contribution in [-0.2, 0) is 4.79 Å². The maximum absolute atomic E-state index is 13.2. The molecule has 1 atom stereocenters. The Morgan fingerprint density at radius 3 is 2.37 bits per heavy atom. The van der Waals surface area contributed by atoms with Crippen molar-refractivity contribution < 1.29 is 14.3 Å². The molecule has 0 unspecified atom stereocenters. The first kappa shape index (κ1) is 22.0. The van der Waals surface area contributed by atoms with E-state index in [0.29, 0.717) is 25.1 Å². The fourth-order valence-electron chi connectivity index (χ4n) is 3.60. The molecule has 2 aromatic rings. The molecule has 2 aromatic carbocycles. The van der Waals surface area contributed by atoms with Gasteiger partial charge in [-0.15, -0.1) is 0 Å². The molecule has 1 N–H and O–H groups in total. The van der Waals surface area contributed by atoms with Gasteiger partial charge in [0.15, 0.2) is 0 Å². The molecule has 160 valence electrons. The first-order valence-electron chi connectivity index (χ1n) is 10.2. The van der Waals surface area contributed by atoms with Crippen molar-refractivity contribution in [2.24, 2.45) is 0 Å². The molecule has 30 heavy (non-hydrogen) atoms. The monoisotopic (exact) mass is 427 g/mol. The predicted octanol–water partition coefficient (Wildman–Crippen LogP) is 2.90. The van der Waals surface area contributed by atoms with Crippen molar-refractivity contribution in [1.29, 1.82) is 0 Å². The standard InChI is InChI=1S/C23H29N3O3S/c1-29-21-11-7-6-10-20(21)25-13-15-26(16-14-25)23(28)19(12-17-30-2)24-22(27)18-8-4-3-5-9-18/h3-11,19H,12-17H2,1-2H3,(H,24,27)/t19-/m0/s1. The zero-order chi connectivity index (χ0) is 21.3. The maximum Gasteiger partial charge on any atom is 0.251 e. The van der Waals surface area contributed by atoms with Crippen LogP contribution in [0.25, 0.3) is 0 Å². The van der Waals surface area contributed by atoms with Crippen molar-refractivity contribution in [3.8, 4) is 5.75 Å². The number of nitrogens with one attached hydrogen (secondary N) is 1. The van der Waals surface area contributed by atoms with Crippen LogP contribution in [0.4, 0.5) is 5.69 Å². The summed E-state index contributed by atoms with van der Waals surface area (Å²) < 4.78 is 5.47. The molecule has 0 spiro atoms. The summed E-state index contributed by atoms with van der Waals surface area (Å²) in [6.45, 7) is 2.70. The lowest BCUT2D eigenvalue weighted by atomic mass is 10.1. The van der Waals surface area contributed by atoms with Crippen molar-refractivity contribution in [1.82, 2.24) is 10.2 Å². The molecule has 0 saturated carbocycles. The molecule has 3 rings (SSSR count). The number of hydrogen-bond donors (Lipinski definition) is 1. The van der Waals surface area contributed by atoms with Crippen LogP contribution in [0.3, 0.4) is 0 Å². The summed E-state index contributed by atoms with van der Waals surface area (Å²) in [6.07, 6.45) is 2.62. The number of methoxy groups -OCH3 is 1. The molecular formula is C23H29N3O3S. The highest BCUT2D eigenvalue weighted by Gasteiger charge is 2.29. The molecule has 0 radical (unpaired) electrons. The normalized spacial score (nSPS) is 14.9. The summed E-state index contributed by atoms with van der Waals surface area (Å²) in [5, 5.41) is 2.95. The number of nitrogens with zero attached hydrogens (tertiary/aromatic N) is 2. The number of para-hydroxylation sites is 2. The van der Waals surface area contributed by atoms with E-state index in [1.807, 2.05) is 53.6 Å². The van der Waals surface area contributed by atoms with Gasteiger partial charge >= 0.3 is 0 Å². The van der Waals surface area contributed by atoms with Gasteiger partial charge in [0.05, 0.1) is 12.8 Å². The number of piperazine rings is 1. The summed E-state index contributed by atoms with van der Waals surface area (Å²) in [5.41, 5.74) is 1.61. The third kappa shape index (κ3) is 5.48. The highest BCUT2D eigenvalue weighted by molar-refractivity contribution is 7.98. The number of carbonyl (C=O) groups excluding carboxylic acids is 2. The summed E-state index contributed by atoms with van der Waals surface area (Å²) >= 11 is 1.67. The van der Waals surface area contributed by atoms with Crippen LogP contribution in [0, 0.1) is 0 Å². The summed E-state index contributed by atoms with van der Waals surface area (Å²) in [4.78, 5) is 29.9. The van der Waals surface area contributed by atoms with Crippen LogP contribution in [0.5, 0.6) is 5.75 Å². The van der Waals surface area contributed by atoms with E-state index in [1.165, 1.54) is 0 Å². The molecule has 6 nitrogen and oxygen atoms in total. The number of carbonyl (C=O) groups is 2. The second-order valence-electron chi connectivity index (χ2n) is 7.16. The zero-order valence-corrected chi connectivity index (χ0v) is 18.4. The average Bonchev–Trinajstić information content (AvgIpc) is 2.81. The Bertz CT molecular complexity index is 839. The van der Waals surface area contributed by atoms with Crippen molar-refractivity contribution in [3.63, 3.8) is 0 Å². The second kappa shape index (κ2) is 10.9. The van der Waals surface area contributed by atoms with Crippen LogP contribution < -0.4 is 15.0 Å². The number of rotatable bonds is 8. The van der Waals surface area contributed by atoms with Gasteiger partial charge in [-0.2, -0.15) is 11.8 Å². The Hall–Kier alpha value is -2.67. The van der Waals surface area contributed by atoms with E-state index in [-0.39, 0.29) is 11.8 Å². The number of hydrogen-bond acceptors (Lipinski definition) is 5. The SMILES string of the molecule is COc1ccccc1N1CCN(C(=O)[C@H](CCSC)NC(=O)c2ccccc2)CC1. The topological polar surface area (TPSA) is 61.9 Å². The highest BCUT2D eigenvalue weighted by atomic mass is 32.2. The lowest BCUT2D eigenvalue weighted by molar-refractivity contribution is -0.133. The van der Waals surface area contributed by atoms with Crippen molar-refractivity contribution in [3.05, 3.63) is 60.2 Å². The van der Waals surface area contributed by atoms with E-state index >= 15 is 0 Å². The maximum atomic E-state index is 13.2. The molecular weight excluding hydrogens is 398 g/mol. The number of thioether (sulfide) groups is 1. The van der Waals surface area contributed by atoms with Gasteiger partial charge in [0, 0.05) is 31.7 Å². The molecule has 1 fully saturated rings. The van der Waals surface area contributed by atoms with Gasteiger partial charge in [-0.25, -0.2) is 0 Å². The van der Waals surface area contributed by atoms with E-state index in [0.717, 1.165) is 30.3 Å². The zero-order valence-electron chi connectivity index (χ0n) is 17.5. The Balaban J connectivity index is 1.63. The molecule has 0 bridgehead atoms. The summed E-state index contributed by atoms with van der Waals surface area (Å²) in [5.74, 6) is 1.44. The number of anilines is 1. The molecule has 1 aliphatic heterocycles. The van der Waals surface area contributed by atoms with E-state index in [2.05, 4.69) is 10.2 Å². The minimum Gasteiger partial charge on any atom is -0.495 e. The fraction of sp³-hybridized carbons (Fsp3) is 0.391. The first-order valence-corrected chi connectivity index (χ1v) is 11.5. The van der Waals surface area contributed by atoms with Gasteiger partial charge < -0.3 is 19.9 Å². The Labute approximate surface area is 182 Å². The summed E-state index contributed by atoms with van der Waals surface area (Å²) in [6, 6.07) is 16.5. The average molecular weight is 428 g/mol. The molecule has 1 heterocycles. The van der Waals surface area contributed by atoms with E-state index in [4.69, 9.17) is 4.74 Å². The van der Waals surface area contributed by atoms with E-state index in [9.17, 15) is 9.59 Å². The number of benzene rings is 2. The molecule has 0 aliphatic carbocycles. The van der Waals surface area contributed by atoms with Gasteiger partial charge in [0.2, 0.25) is 5.91 Å². The van der Waals surface area contributed by atoms with Crippen molar-refractivity contribution in [2.45, 2.75) is 12.5 Å². The van der Waals surface area contributed by atoms with Gasteiger partial charge in [-0.1, -0.05) is 30.3 Å². The van der Waals surface area contributed by atoms with E-state index in [1.54, 1.807) is 31.0 Å². The van der Waals surface area contributed by atoms with Crippen LogP contribution in [0.1, 0.15) is 16.8 Å². The minimum atomic E-state index is -0.511. The first-order chi connectivity index (χ1) is 14.6. The van der Waals surface area contributed by atoms with E-state index < -0.39 is 6.04 Å². The lowest BCUT2D eigenvalue weighted by Crippen LogP contribution is -2.55. The number of ether oxygens (including phenoxy) is 1. The smallest absolute Gasteiger partial charge is 0.251 e. The van der Waals surface area contributed by atoms with Crippen LogP contribution >= 0.6 is 11.8 Å². The molecule has 2 amide bonds. The number of amides is 2. The highest BCUT2D eigenvalue weighted by Crippen LogP contribution is 2.28. The van der Waals surface area contributed by atoms with Crippen molar-refractivity contribution >= 4 is 29.3 Å².